The smallest absolute Gasteiger partial charge is 0.287 e. The van der Waals surface area contributed by atoms with Gasteiger partial charge in [0.05, 0.1) is 19.8 Å². The molecule has 0 aliphatic heterocycles. The van der Waals surface area contributed by atoms with Crippen molar-refractivity contribution in [3.63, 3.8) is 0 Å². The second-order valence-corrected chi connectivity index (χ2v) is 6.99. The molecule has 0 heterocycles. The van der Waals surface area contributed by atoms with E-state index in [9.17, 15) is 4.57 Å². The van der Waals surface area contributed by atoms with Crippen molar-refractivity contribution in [2.75, 3.05) is 30.5 Å². The molecule has 0 N–H and O–H groups in total. The van der Waals surface area contributed by atoms with E-state index < -0.39 is 7.82 Å². The third-order valence-corrected chi connectivity index (χ3v) is 4.29. The van der Waals surface area contributed by atoms with Crippen molar-refractivity contribution in [3.05, 3.63) is 0 Å². The fourth-order valence-electron chi connectivity index (χ4n) is 1.29. The van der Waals surface area contributed by atoms with Gasteiger partial charge in [-0.1, -0.05) is 64.5 Å². The van der Waals surface area contributed by atoms with Crippen LogP contribution in [0.1, 0.15) is 39.0 Å². The van der Waals surface area contributed by atoms with Gasteiger partial charge in [0, 0.05) is 10.7 Å². The number of phosphoric ester groups is 1. The maximum atomic E-state index is 12.1. The first-order valence-corrected chi connectivity index (χ1v) is 10.0. The van der Waals surface area contributed by atoms with Gasteiger partial charge in [0.25, 0.3) is 0 Å². The van der Waals surface area contributed by atoms with E-state index in [1.54, 1.807) is 0 Å². The molecular formula is C11H23Br2O4P. The Balaban J connectivity index is 3.81. The summed E-state index contributed by atoms with van der Waals surface area (Å²) < 4.78 is 27.7. The highest BCUT2D eigenvalue weighted by molar-refractivity contribution is 9.09. The lowest BCUT2D eigenvalue weighted by atomic mass is 10.2. The zero-order chi connectivity index (χ0) is 13.7. The van der Waals surface area contributed by atoms with E-state index in [2.05, 4.69) is 38.8 Å². The lowest BCUT2D eigenvalue weighted by Crippen LogP contribution is -2.05. The molecule has 0 aromatic rings. The molecular weight excluding hydrogens is 387 g/mol. The third-order valence-electron chi connectivity index (χ3n) is 2.15. The predicted octanol–water partition coefficient (Wildman–Crippen LogP) is 4.90. The first-order chi connectivity index (χ1) is 8.68. The molecule has 0 aromatic carbocycles. The van der Waals surface area contributed by atoms with Crippen LogP contribution in [-0.4, -0.2) is 30.5 Å². The zero-order valence-corrected chi connectivity index (χ0v) is 15.0. The van der Waals surface area contributed by atoms with E-state index in [4.69, 9.17) is 13.6 Å². The molecule has 18 heavy (non-hydrogen) atoms. The fraction of sp³-hybridized carbons (Fsp3) is 1.00. The van der Waals surface area contributed by atoms with Gasteiger partial charge in [0.1, 0.15) is 0 Å². The Labute approximate surface area is 127 Å². The summed E-state index contributed by atoms with van der Waals surface area (Å²) in [6, 6.07) is 0. The first kappa shape index (κ1) is 19.1. The van der Waals surface area contributed by atoms with Crippen LogP contribution in [0.25, 0.3) is 0 Å². The molecule has 0 aliphatic rings. The second kappa shape index (κ2) is 13.1. The molecule has 0 unspecified atom stereocenters. The zero-order valence-electron chi connectivity index (χ0n) is 10.9. The molecule has 0 radical (unpaired) electrons. The SMILES string of the molecule is CCCCCCCOP(=O)(OCCBr)OCCBr. The van der Waals surface area contributed by atoms with Crippen molar-refractivity contribution < 1.29 is 18.1 Å². The highest BCUT2D eigenvalue weighted by Gasteiger charge is 2.25. The lowest BCUT2D eigenvalue weighted by Gasteiger charge is -2.17. The molecule has 0 bridgehead atoms. The summed E-state index contributed by atoms with van der Waals surface area (Å²) in [7, 11) is -3.37. The maximum absolute atomic E-state index is 12.1. The molecule has 4 nitrogen and oxygen atoms in total. The van der Waals surface area contributed by atoms with E-state index in [1.807, 2.05) is 0 Å². The maximum Gasteiger partial charge on any atom is 0.474 e. The van der Waals surface area contributed by atoms with Gasteiger partial charge in [-0.05, 0) is 6.42 Å². The van der Waals surface area contributed by atoms with Gasteiger partial charge in [0.15, 0.2) is 0 Å². The van der Waals surface area contributed by atoms with Gasteiger partial charge in [-0.3, -0.25) is 13.6 Å². The van der Waals surface area contributed by atoms with Gasteiger partial charge < -0.3 is 0 Å². The van der Waals surface area contributed by atoms with Crippen LogP contribution in [0.2, 0.25) is 0 Å². The molecule has 0 atom stereocenters. The normalized spacial score (nSPS) is 11.9. The summed E-state index contributed by atoms with van der Waals surface area (Å²) in [5.74, 6) is 0. The van der Waals surface area contributed by atoms with E-state index in [-0.39, 0.29) is 0 Å². The fourth-order valence-corrected chi connectivity index (χ4v) is 3.32. The van der Waals surface area contributed by atoms with Gasteiger partial charge in [-0.2, -0.15) is 0 Å². The summed E-state index contributed by atoms with van der Waals surface area (Å²) in [5, 5.41) is 1.21. The Kier molecular flexibility index (Phi) is 13.8. The summed E-state index contributed by atoms with van der Waals surface area (Å²) in [5.41, 5.74) is 0. The standard InChI is InChI=1S/C11H23Br2O4P/c1-2-3-4-5-6-9-15-18(14,16-10-7-12)17-11-8-13/h2-11H2,1H3. The minimum absolute atomic E-state index is 0.315. The van der Waals surface area contributed by atoms with E-state index in [0.29, 0.717) is 30.5 Å². The Morgan fingerprint density at radius 2 is 1.33 bits per heavy atom. The van der Waals surface area contributed by atoms with Crippen molar-refractivity contribution >= 4 is 39.7 Å². The number of hydrogen-bond donors (Lipinski definition) is 0. The molecule has 110 valence electrons. The molecule has 0 rings (SSSR count). The van der Waals surface area contributed by atoms with Gasteiger partial charge in [-0.25, -0.2) is 4.57 Å². The van der Waals surface area contributed by atoms with Crippen LogP contribution in [0, 0.1) is 0 Å². The van der Waals surface area contributed by atoms with Crippen LogP contribution < -0.4 is 0 Å². The number of halogens is 2. The molecule has 0 saturated carbocycles. The monoisotopic (exact) mass is 408 g/mol. The van der Waals surface area contributed by atoms with E-state index >= 15 is 0 Å². The van der Waals surface area contributed by atoms with Crippen LogP contribution in [-0.2, 0) is 18.1 Å². The van der Waals surface area contributed by atoms with Crippen molar-refractivity contribution in [2.24, 2.45) is 0 Å². The van der Waals surface area contributed by atoms with Crippen molar-refractivity contribution in [3.8, 4) is 0 Å². The average molecular weight is 410 g/mol. The van der Waals surface area contributed by atoms with Crippen LogP contribution in [0.4, 0.5) is 0 Å². The predicted molar refractivity (Wildman–Crippen MR) is 81.8 cm³/mol. The third kappa shape index (κ3) is 10.9. The van der Waals surface area contributed by atoms with E-state index in [0.717, 1.165) is 12.8 Å². The number of unbranched alkanes of at least 4 members (excludes halogenated alkanes) is 4. The highest BCUT2D eigenvalue weighted by Crippen LogP contribution is 2.49. The lowest BCUT2D eigenvalue weighted by molar-refractivity contribution is 0.122. The molecule has 0 amide bonds. The number of alkyl halides is 2. The summed E-state index contributed by atoms with van der Waals surface area (Å²) in [4.78, 5) is 0. The van der Waals surface area contributed by atoms with Crippen LogP contribution in [0.15, 0.2) is 0 Å². The van der Waals surface area contributed by atoms with Crippen molar-refractivity contribution in [2.45, 2.75) is 39.0 Å². The molecule has 0 aromatic heterocycles. The second-order valence-electron chi connectivity index (χ2n) is 3.74. The summed E-state index contributed by atoms with van der Waals surface area (Å²) >= 11 is 6.43. The first-order valence-electron chi connectivity index (χ1n) is 6.34. The van der Waals surface area contributed by atoms with Crippen LogP contribution in [0.3, 0.4) is 0 Å². The molecule has 7 heteroatoms. The Bertz CT molecular complexity index is 217. The minimum atomic E-state index is -3.37. The van der Waals surface area contributed by atoms with Gasteiger partial charge in [-0.15, -0.1) is 0 Å². The quantitative estimate of drug-likeness (QED) is 0.246. The Morgan fingerprint density at radius 3 is 1.83 bits per heavy atom. The summed E-state index contributed by atoms with van der Waals surface area (Å²) in [6.07, 6.45) is 5.61. The van der Waals surface area contributed by atoms with Gasteiger partial charge in [0.2, 0.25) is 0 Å². The summed E-state index contributed by atoms with van der Waals surface area (Å²) in [6.45, 7) is 3.23. The largest absolute Gasteiger partial charge is 0.474 e. The number of rotatable bonds is 13. The number of hydrogen-bond acceptors (Lipinski definition) is 4. The van der Waals surface area contributed by atoms with Crippen LogP contribution >= 0.6 is 39.7 Å². The molecule has 0 saturated heterocycles. The van der Waals surface area contributed by atoms with E-state index in [1.165, 1.54) is 19.3 Å². The van der Waals surface area contributed by atoms with Crippen LogP contribution in [0.5, 0.6) is 0 Å². The topological polar surface area (TPSA) is 44.8 Å². The van der Waals surface area contributed by atoms with Gasteiger partial charge >= 0.3 is 7.82 Å². The van der Waals surface area contributed by atoms with Crippen molar-refractivity contribution in [1.82, 2.24) is 0 Å². The minimum Gasteiger partial charge on any atom is -0.287 e. The molecule has 0 aliphatic carbocycles. The Morgan fingerprint density at radius 1 is 0.833 bits per heavy atom. The highest BCUT2D eigenvalue weighted by atomic mass is 79.9. The molecule has 0 fully saturated rings. The number of phosphoric acid groups is 1. The average Bonchev–Trinajstić information content (AvgIpc) is 2.38. The Hall–Kier alpha value is 1.07. The van der Waals surface area contributed by atoms with Crippen molar-refractivity contribution in [1.29, 1.82) is 0 Å². The molecule has 0 spiro atoms.